The van der Waals surface area contributed by atoms with Gasteiger partial charge in [0.2, 0.25) is 11.8 Å². The number of amides is 1. The first kappa shape index (κ1) is 22.3. The van der Waals surface area contributed by atoms with Gasteiger partial charge in [-0.1, -0.05) is 30.3 Å². The molecule has 1 amide bonds. The Morgan fingerprint density at radius 1 is 1.09 bits per heavy atom. The van der Waals surface area contributed by atoms with Crippen molar-refractivity contribution in [3.63, 3.8) is 0 Å². The molecule has 33 heavy (non-hydrogen) atoms. The third kappa shape index (κ3) is 5.88. The molecule has 0 spiro atoms. The average Bonchev–Trinajstić information content (AvgIpc) is 3.35. The maximum absolute atomic E-state index is 12.5. The molecule has 0 atom stereocenters. The Morgan fingerprint density at radius 3 is 2.52 bits per heavy atom. The number of oxazole rings is 1. The van der Waals surface area contributed by atoms with Gasteiger partial charge in [0.1, 0.15) is 24.3 Å². The van der Waals surface area contributed by atoms with E-state index in [1.165, 1.54) is 6.26 Å². The van der Waals surface area contributed by atoms with E-state index in [9.17, 15) is 9.59 Å². The van der Waals surface area contributed by atoms with Crippen LogP contribution in [0.3, 0.4) is 0 Å². The molecule has 4 rings (SSSR count). The van der Waals surface area contributed by atoms with Crippen LogP contribution in [0.2, 0.25) is 0 Å². The predicted molar refractivity (Wildman–Crippen MR) is 123 cm³/mol. The van der Waals surface area contributed by atoms with Crippen LogP contribution >= 0.6 is 0 Å². The molecule has 7 nitrogen and oxygen atoms in total. The van der Waals surface area contributed by atoms with E-state index < -0.39 is 0 Å². The van der Waals surface area contributed by atoms with Gasteiger partial charge in [-0.2, -0.15) is 0 Å². The lowest BCUT2D eigenvalue weighted by Gasteiger charge is -2.30. The highest BCUT2D eigenvalue weighted by Crippen LogP contribution is 2.23. The summed E-state index contributed by atoms with van der Waals surface area (Å²) >= 11 is 0. The number of nitrogens with zero attached hydrogens (tertiary/aromatic N) is 2. The summed E-state index contributed by atoms with van der Waals surface area (Å²) in [6.45, 7) is 1.12. The van der Waals surface area contributed by atoms with Crippen LogP contribution in [0.4, 0.5) is 0 Å². The molecule has 2 aromatic carbocycles. The Labute approximate surface area is 192 Å². The van der Waals surface area contributed by atoms with E-state index in [0.717, 1.165) is 16.9 Å². The van der Waals surface area contributed by atoms with Crippen molar-refractivity contribution in [1.29, 1.82) is 0 Å². The molecular weight excluding hydrogens is 420 g/mol. The normalized spacial score (nSPS) is 14.4. The van der Waals surface area contributed by atoms with E-state index in [1.807, 2.05) is 54.6 Å². The monoisotopic (exact) mass is 446 g/mol. The minimum atomic E-state index is -0.268. The molecule has 1 saturated heterocycles. The highest BCUT2D eigenvalue weighted by molar-refractivity contribution is 5.92. The van der Waals surface area contributed by atoms with Crippen LogP contribution in [-0.2, 0) is 20.9 Å². The van der Waals surface area contributed by atoms with Crippen LogP contribution in [0.5, 0.6) is 5.75 Å². The number of rotatable bonds is 7. The summed E-state index contributed by atoms with van der Waals surface area (Å²) in [4.78, 5) is 31.1. The zero-order valence-corrected chi connectivity index (χ0v) is 18.5. The van der Waals surface area contributed by atoms with Crippen LogP contribution in [0, 0.1) is 5.92 Å². The van der Waals surface area contributed by atoms with Crippen molar-refractivity contribution >= 4 is 18.0 Å². The van der Waals surface area contributed by atoms with Crippen LogP contribution < -0.4 is 4.74 Å². The fourth-order valence-electron chi connectivity index (χ4n) is 3.68. The van der Waals surface area contributed by atoms with Crippen molar-refractivity contribution in [2.45, 2.75) is 19.4 Å². The molecule has 170 valence electrons. The van der Waals surface area contributed by atoms with E-state index in [1.54, 1.807) is 24.2 Å². The fraction of sp³-hybridized carbons (Fsp3) is 0.269. The van der Waals surface area contributed by atoms with E-state index in [-0.39, 0.29) is 24.4 Å². The van der Waals surface area contributed by atoms with E-state index in [2.05, 4.69) is 4.98 Å². The van der Waals surface area contributed by atoms with Gasteiger partial charge in [-0.15, -0.1) is 0 Å². The second kappa shape index (κ2) is 10.6. The van der Waals surface area contributed by atoms with Gasteiger partial charge in [-0.25, -0.2) is 4.98 Å². The number of esters is 1. The highest BCUT2D eigenvalue weighted by Gasteiger charge is 2.28. The van der Waals surface area contributed by atoms with Gasteiger partial charge in [-0.3, -0.25) is 9.59 Å². The minimum absolute atomic E-state index is 0.0423. The molecule has 2 heterocycles. The van der Waals surface area contributed by atoms with Gasteiger partial charge in [0.15, 0.2) is 0 Å². The number of hydrogen-bond acceptors (Lipinski definition) is 6. The van der Waals surface area contributed by atoms with Crippen LogP contribution in [0.15, 0.2) is 71.4 Å². The Morgan fingerprint density at radius 2 is 1.82 bits per heavy atom. The standard InChI is InChI=1S/C26H26N2O5/c1-31-23-10-8-20(9-11-23)25-27-22(17-32-25)18-33-26(30)21-13-15-28(16-14-21)24(29)12-7-19-5-3-2-4-6-19/h2-12,17,21H,13-16,18H2,1H3. The Kier molecular flexibility index (Phi) is 7.19. The van der Waals surface area contributed by atoms with E-state index in [4.69, 9.17) is 13.9 Å². The average molecular weight is 447 g/mol. The number of aromatic nitrogens is 1. The topological polar surface area (TPSA) is 81.9 Å². The van der Waals surface area contributed by atoms with Gasteiger partial charge in [-0.05, 0) is 48.7 Å². The Balaban J connectivity index is 1.23. The molecule has 0 saturated carbocycles. The van der Waals surface area contributed by atoms with Gasteiger partial charge in [0.25, 0.3) is 0 Å². The van der Waals surface area contributed by atoms with E-state index in [0.29, 0.717) is 37.5 Å². The zero-order valence-electron chi connectivity index (χ0n) is 18.5. The molecule has 1 fully saturated rings. The number of ether oxygens (including phenoxy) is 2. The number of methoxy groups -OCH3 is 1. The number of carbonyl (C=O) groups is 2. The lowest BCUT2D eigenvalue weighted by molar-refractivity contribution is -0.152. The Bertz CT molecular complexity index is 1100. The van der Waals surface area contributed by atoms with Crippen LogP contribution in [0.1, 0.15) is 24.1 Å². The van der Waals surface area contributed by atoms with Crippen molar-refractivity contribution in [2.75, 3.05) is 20.2 Å². The number of likely N-dealkylation sites (tertiary alicyclic amines) is 1. The second-order valence-electron chi connectivity index (χ2n) is 7.82. The molecule has 0 aliphatic carbocycles. The number of hydrogen-bond donors (Lipinski definition) is 0. The van der Waals surface area contributed by atoms with Gasteiger partial charge in [0, 0.05) is 24.7 Å². The van der Waals surface area contributed by atoms with E-state index >= 15 is 0 Å². The van der Waals surface area contributed by atoms with Crippen molar-refractivity contribution < 1.29 is 23.5 Å². The summed E-state index contributed by atoms with van der Waals surface area (Å²) < 4.78 is 16.1. The molecule has 0 bridgehead atoms. The molecule has 1 aromatic heterocycles. The largest absolute Gasteiger partial charge is 0.497 e. The summed E-state index contributed by atoms with van der Waals surface area (Å²) in [7, 11) is 1.61. The van der Waals surface area contributed by atoms with Crippen molar-refractivity contribution in [2.24, 2.45) is 5.92 Å². The molecular formula is C26H26N2O5. The quantitative estimate of drug-likeness (QED) is 0.397. The maximum atomic E-state index is 12.5. The Hall–Kier alpha value is -3.87. The van der Waals surface area contributed by atoms with Crippen molar-refractivity contribution in [3.05, 3.63) is 78.2 Å². The lowest BCUT2D eigenvalue weighted by Crippen LogP contribution is -2.39. The SMILES string of the molecule is COc1ccc(-c2nc(COC(=O)C3CCN(C(=O)C=Cc4ccccc4)CC3)co2)cc1. The van der Waals surface area contributed by atoms with Gasteiger partial charge < -0.3 is 18.8 Å². The molecule has 0 unspecified atom stereocenters. The minimum Gasteiger partial charge on any atom is -0.497 e. The molecule has 1 aliphatic heterocycles. The third-order valence-electron chi connectivity index (χ3n) is 5.61. The summed E-state index contributed by atoms with van der Waals surface area (Å²) in [5, 5.41) is 0. The molecule has 3 aromatic rings. The molecule has 0 radical (unpaired) electrons. The van der Waals surface area contributed by atoms with Gasteiger partial charge in [0.05, 0.1) is 13.0 Å². The molecule has 1 aliphatic rings. The maximum Gasteiger partial charge on any atom is 0.309 e. The summed E-state index contributed by atoms with van der Waals surface area (Å²) in [5.74, 6) is 0.675. The summed E-state index contributed by atoms with van der Waals surface area (Å²) in [6.07, 6.45) is 6.05. The predicted octanol–water partition coefficient (Wildman–Crippen LogP) is 4.35. The highest BCUT2D eigenvalue weighted by atomic mass is 16.5. The van der Waals surface area contributed by atoms with Crippen molar-refractivity contribution in [1.82, 2.24) is 9.88 Å². The smallest absolute Gasteiger partial charge is 0.309 e. The lowest BCUT2D eigenvalue weighted by atomic mass is 9.97. The third-order valence-corrected chi connectivity index (χ3v) is 5.61. The van der Waals surface area contributed by atoms with Crippen LogP contribution in [-0.4, -0.2) is 42.0 Å². The number of benzene rings is 2. The molecule has 0 N–H and O–H groups in total. The van der Waals surface area contributed by atoms with Crippen LogP contribution in [0.25, 0.3) is 17.5 Å². The second-order valence-corrected chi connectivity index (χ2v) is 7.82. The first-order valence-corrected chi connectivity index (χ1v) is 10.9. The van der Waals surface area contributed by atoms with Crippen molar-refractivity contribution in [3.8, 4) is 17.2 Å². The zero-order chi connectivity index (χ0) is 23.0. The number of carbonyl (C=O) groups excluding carboxylic acids is 2. The summed E-state index contributed by atoms with van der Waals surface area (Å²) in [5.41, 5.74) is 2.34. The number of piperidine rings is 1. The summed E-state index contributed by atoms with van der Waals surface area (Å²) in [6, 6.07) is 17.0. The first-order chi connectivity index (χ1) is 16.1. The van der Waals surface area contributed by atoms with Gasteiger partial charge >= 0.3 is 5.97 Å². The first-order valence-electron chi connectivity index (χ1n) is 10.9. The molecule has 7 heteroatoms. The fourth-order valence-corrected chi connectivity index (χ4v) is 3.68.